The molecule has 2 aliphatic rings. The van der Waals surface area contributed by atoms with Crippen LogP contribution in [0.5, 0.6) is 5.88 Å². The fourth-order valence-corrected chi connectivity index (χ4v) is 3.28. The highest BCUT2D eigenvalue weighted by atomic mass is 16.5. The summed E-state index contributed by atoms with van der Waals surface area (Å²) in [7, 11) is 1.80. The third-order valence-electron chi connectivity index (χ3n) is 4.59. The maximum Gasteiger partial charge on any atom is 0.274 e. The average Bonchev–Trinajstić information content (AvgIpc) is 3.05. The van der Waals surface area contributed by atoms with Gasteiger partial charge in [0, 0.05) is 39.0 Å². The van der Waals surface area contributed by atoms with E-state index in [1.807, 2.05) is 12.1 Å². The van der Waals surface area contributed by atoms with Crippen LogP contribution in [-0.2, 0) is 24.3 Å². The molecule has 2 aromatic rings. The van der Waals surface area contributed by atoms with E-state index in [2.05, 4.69) is 17.2 Å². The van der Waals surface area contributed by atoms with Crippen LogP contribution in [0.1, 0.15) is 28.0 Å². The Morgan fingerprint density at radius 2 is 2.21 bits per heavy atom. The van der Waals surface area contributed by atoms with E-state index in [4.69, 9.17) is 9.47 Å². The summed E-state index contributed by atoms with van der Waals surface area (Å²) in [5.74, 6) is 0.587. The fourth-order valence-electron chi connectivity index (χ4n) is 3.28. The minimum atomic E-state index is -0.0945. The van der Waals surface area contributed by atoms with Crippen molar-refractivity contribution >= 4 is 5.91 Å². The predicted octanol–water partition coefficient (Wildman–Crippen LogP) is 1.88. The van der Waals surface area contributed by atoms with Gasteiger partial charge in [-0.05, 0) is 11.1 Å². The number of fused-ring (bicyclic) bond motifs is 2. The summed E-state index contributed by atoms with van der Waals surface area (Å²) in [6.45, 7) is 2.64. The Bertz CT molecular complexity index is 732. The van der Waals surface area contributed by atoms with Crippen LogP contribution in [0, 0.1) is 0 Å². The lowest BCUT2D eigenvalue weighted by atomic mass is 9.99. The van der Waals surface area contributed by atoms with Gasteiger partial charge in [-0.25, -0.2) is 4.68 Å². The number of hydrogen-bond donors (Lipinski definition) is 0. The van der Waals surface area contributed by atoms with Crippen molar-refractivity contribution in [3.63, 3.8) is 0 Å². The third kappa shape index (κ3) is 2.89. The Balaban J connectivity index is 1.42. The highest BCUT2D eigenvalue weighted by molar-refractivity contribution is 5.92. The zero-order valence-electron chi connectivity index (χ0n) is 13.8. The van der Waals surface area contributed by atoms with Gasteiger partial charge in [0.1, 0.15) is 0 Å². The minimum absolute atomic E-state index is 0.0161. The first-order chi connectivity index (χ1) is 11.7. The summed E-state index contributed by atoms with van der Waals surface area (Å²) in [6.07, 6.45) is 1.77. The number of likely N-dealkylation sites (N-methyl/N-ethyl adjacent to an activating group) is 1. The smallest absolute Gasteiger partial charge is 0.274 e. The third-order valence-corrected chi connectivity index (χ3v) is 4.59. The van der Waals surface area contributed by atoms with Crippen molar-refractivity contribution < 1.29 is 14.3 Å². The van der Waals surface area contributed by atoms with Crippen molar-refractivity contribution in [2.75, 3.05) is 20.2 Å². The van der Waals surface area contributed by atoms with Gasteiger partial charge in [0.25, 0.3) is 5.91 Å². The van der Waals surface area contributed by atoms with Crippen LogP contribution in [0.25, 0.3) is 0 Å². The summed E-state index contributed by atoms with van der Waals surface area (Å²) >= 11 is 0. The minimum Gasteiger partial charge on any atom is -0.478 e. The van der Waals surface area contributed by atoms with E-state index in [-0.39, 0.29) is 12.0 Å². The van der Waals surface area contributed by atoms with Gasteiger partial charge in [-0.1, -0.05) is 24.3 Å². The Kier molecular flexibility index (Phi) is 3.98. The van der Waals surface area contributed by atoms with E-state index in [0.29, 0.717) is 31.3 Å². The zero-order chi connectivity index (χ0) is 16.5. The van der Waals surface area contributed by atoms with Crippen LogP contribution in [0.3, 0.4) is 0 Å². The molecular weight excluding hydrogens is 306 g/mol. The van der Waals surface area contributed by atoms with E-state index in [0.717, 1.165) is 19.4 Å². The van der Waals surface area contributed by atoms with Gasteiger partial charge < -0.3 is 14.4 Å². The van der Waals surface area contributed by atoms with Gasteiger partial charge in [0.2, 0.25) is 5.88 Å². The van der Waals surface area contributed by atoms with Crippen LogP contribution in [0.15, 0.2) is 30.3 Å². The summed E-state index contributed by atoms with van der Waals surface area (Å²) in [4.78, 5) is 14.3. The Labute approximate surface area is 141 Å². The largest absolute Gasteiger partial charge is 0.478 e. The Morgan fingerprint density at radius 3 is 3.04 bits per heavy atom. The molecule has 0 fully saturated rings. The second-order valence-corrected chi connectivity index (χ2v) is 6.38. The molecule has 0 radical (unpaired) electrons. The maximum absolute atomic E-state index is 12.6. The molecule has 0 spiro atoms. The SMILES string of the molecule is CN(C[C@@H]1Cc2ccccc2CO1)C(=O)c1cc2n(n1)CCCO2. The van der Waals surface area contributed by atoms with E-state index in [1.54, 1.807) is 22.7 Å². The van der Waals surface area contributed by atoms with Crippen molar-refractivity contribution in [3.05, 3.63) is 47.2 Å². The maximum atomic E-state index is 12.6. The van der Waals surface area contributed by atoms with Gasteiger partial charge >= 0.3 is 0 Å². The van der Waals surface area contributed by atoms with E-state index in [9.17, 15) is 4.79 Å². The number of ether oxygens (including phenoxy) is 2. The first-order valence-electron chi connectivity index (χ1n) is 8.35. The number of carbonyl (C=O) groups excluding carboxylic acids is 1. The molecule has 0 unspecified atom stereocenters. The first-order valence-corrected chi connectivity index (χ1v) is 8.35. The van der Waals surface area contributed by atoms with Crippen molar-refractivity contribution in [1.29, 1.82) is 0 Å². The molecule has 0 bridgehead atoms. The van der Waals surface area contributed by atoms with Crippen LogP contribution in [0.4, 0.5) is 0 Å². The molecule has 2 aliphatic heterocycles. The summed E-state index contributed by atoms with van der Waals surface area (Å²) in [5, 5.41) is 4.36. The van der Waals surface area contributed by atoms with Gasteiger partial charge in [0.05, 0.1) is 19.3 Å². The molecule has 0 saturated heterocycles. The molecule has 1 aromatic carbocycles. The normalized spacial score (nSPS) is 19.1. The van der Waals surface area contributed by atoms with Crippen LogP contribution in [-0.4, -0.2) is 46.9 Å². The van der Waals surface area contributed by atoms with E-state index in [1.165, 1.54) is 11.1 Å². The highest BCUT2D eigenvalue weighted by Crippen LogP contribution is 2.22. The lowest BCUT2D eigenvalue weighted by molar-refractivity contribution is 0.00970. The molecule has 0 saturated carbocycles. The number of hydrogen-bond acceptors (Lipinski definition) is 4. The molecule has 4 rings (SSSR count). The molecule has 1 amide bonds. The number of nitrogens with zero attached hydrogens (tertiary/aromatic N) is 3. The number of amides is 1. The van der Waals surface area contributed by atoms with E-state index >= 15 is 0 Å². The quantitative estimate of drug-likeness (QED) is 0.864. The van der Waals surface area contributed by atoms with Crippen molar-refractivity contribution in [2.24, 2.45) is 0 Å². The molecule has 1 aromatic heterocycles. The van der Waals surface area contributed by atoms with Gasteiger partial charge in [0.15, 0.2) is 5.69 Å². The number of rotatable bonds is 3. The van der Waals surface area contributed by atoms with Gasteiger partial charge in [-0.2, -0.15) is 5.10 Å². The highest BCUT2D eigenvalue weighted by Gasteiger charge is 2.25. The molecule has 126 valence electrons. The Morgan fingerprint density at radius 1 is 1.38 bits per heavy atom. The lowest BCUT2D eigenvalue weighted by Gasteiger charge is -2.28. The molecule has 24 heavy (non-hydrogen) atoms. The summed E-state index contributed by atoms with van der Waals surface area (Å²) in [6, 6.07) is 10.0. The second kappa shape index (κ2) is 6.28. The topological polar surface area (TPSA) is 56.6 Å². The van der Waals surface area contributed by atoms with Gasteiger partial charge in [-0.15, -0.1) is 0 Å². The first kappa shape index (κ1) is 15.2. The predicted molar refractivity (Wildman–Crippen MR) is 88.0 cm³/mol. The standard InChI is InChI=1S/C18H21N3O3/c1-20(11-15-9-13-5-2-3-6-14(13)12-24-15)18(22)16-10-17-21(19-16)7-4-8-23-17/h2-3,5-6,10,15H,4,7-9,11-12H2,1H3/t15-/m0/s1. The number of benzene rings is 1. The van der Waals surface area contributed by atoms with Crippen LogP contribution < -0.4 is 4.74 Å². The van der Waals surface area contributed by atoms with E-state index < -0.39 is 0 Å². The monoisotopic (exact) mass is 327 g/mol. The molecule has 3 heterocycles. The fraction of sp³-hybridized carbons (Fsp3) is 0.444. The van der Waals surface area contributed by atoms with Crippen molar-refractivity contribution in [1.82, 2.24) is 14.7 Å². The Hall–Kier alpha value is -2.34. The zero-order valence-corrected chi connectivity index (χ0v) is 13.8. The lowest BCUT2D eigenvalue weighted by Crippen LogP contribution is -2.38. The molecule has 6 heteroatoms. The van der Waals surface area contributed by atoms with Crippen molar-refractivity contribution in [3.8, 4) is 5.88 Å². The molecule has 0 N–H and O–H groups in total. The summed E-state index contributed by atoms with van der Waals surface area (Å²) in [5.41, 5.74) is 2.98. The number of aryl methyl sites for hydroxylation is 1. The molecular formula is C18H21N3O3. The number of carbonyl (C=O) groups is 1. The van der Waals surface area contributed by atoms with Gasteiger partial charge in [-0.3, -0.25) is 4.79 Å². The van der Waals surface area contributed by atoms with Crippen LogP contribution >= 0.6 is 0 Å². The number of aromatic nitrogens is 2. The van der Waals surface area contributed by atoms with Crippen LogP contribution in [0.2, 0.25) is 0 Å². The second-order valence-electron chi connectivity index (χ2n) is 6.38. The summed E-state index contributed by atoms with van der Waals surface area (Å²) < 4.78 is 13.2. The average molecular weight is 327 g/mol. The molecule has 1 atom stereocenters. The van der Waals surface area contributed by atoms with Crippen molar-refractivity contribution in [2.45, 2.75) is 32.1 Å². The molecule has 0 aliphatic carbocycles. The molecule has 6 nitrogen and oxygen atoms in total.